The van der Waals surface area contributed by atoms with Gasteiger partial charge in [0.1, 0.15) is 0 Å². The van der Waals surface area contributed by atoms with E-state index in [9.17, 15) is 9.90 Å². The Labute approximate surface area is 112 Å². The monoisotopic (exact) mass is 270 g/mol. The molecule has 1 atom stereocenters. The smallest absolute Gasteiger partial charge is 0.314 e. The van der Waals surface area contributed by atoms with E-state index in [1.165, 1.54) is 0 Å². The van der Waals surface area contributed by atoms with Crippen molar-refractivity contribution in [2.45, 2.75) is 20.0 Å². The second-order valence-electron chi connectivity index (χ2n) is 4.55. The maximum Gasteiger partial charge on any atom is 0.314 e. The number of hydrogen-bond acceptors (Lipinski definition) is 2. The summed E-state index contributed by atoms with van der Waals surface area (Å²) in [6.45, 7) is 4.82. The molecule has 0 heterocycles. The molecule has 1 aromatic carbocycles. The summed E-state index contributed by atoms with van der Waals surface area (Å²) in [5, 5.41) is 15.8. The molecule has 0 saturated heterocycles. The Bertz CT molecular complexity index is 379. The molecule has 0 saturated carbocycles. The molecule has 4 nitrogen and oxygen atoms in total. The van der Waals surface area contributed by atoms with Crippen molar-refractivity contribution in [1.29, 1.82) is 0 Å². The van der Waals surface area contributed by atoms with E-state index in [2.05, 4.69) is 10.6 Å². The molecule has 0 fully saturated rings. The Morgan fingerprint density at radius 1 is 1.22 bits per heavy atom. The number of carbonyl (C=O) groups excluding carboxylic acids is 1. The van der Waals surface area contributed by atoms with Crippen LogP contribution in [0.3, 0.4) is 0 Å². The van der Waals surface area contributed by atoms with E-state index in [4.69, 9.17) is 11.6 Å². The number of rotatable bonds is 5. The van der Waals surface area contributed by atoms with Crippen LogP contribution in [-0.2, 0) is 0 Å². The molecule has 0 aliphatic heterocycles. The molecule has 0 aliphatic carbocycles. The zero-order valence-electron chi connectivity index (χ0n) is 10.6. The molecular weight excluding hydrogens is 252 g/mol. The predicted octanol–water partition coefficient (Wildman–Crippen LogP) is 2.33. The van der Waals surface area contributed by atoms with E-state index < -0.39 is 6.10 Å². The Balaban J connectivity index is 2.34. The highest BCUT2D eigenvalue weighted by Gasteiger charge is 2.09. The van der Waals surface area contributed by atoms with E-state index in [0.717, 1.165) is 5.56 Å². The number of carbonyl (C=O) groups is 1. The van der Waals surface area contributed by atoms with Crippen molar-refractivity contribution in [2.75, 3.05) is 13.1 Å². The molecule has 1 rings (SSSR count). The molecule has 0 bridgehead atoms. The summed E-state index contributed by atoms with van der Waals surface area (Å²) < 4.78 is 0. The Morgan fingerprint density at radius 3 is 2.33 bits per heavy atom. The van der Waals surface area contributed by atoms with Crippen LogP contribution in [0.1, 0.15) is 25.5 Å². The molecule has 1 unspecified atom stereocenters. The van der Waals surface area contributed by atoms with Gasteiger partial charge >= 0.3 is 6.03 Å². The second kappa shape index (κ2) is 7.24. The largest absolute Gasteiger partial charge is 0.387 e. The minimum absolute atomic E-state index is 0.172. The van der Waals surface area contributed by atoms with Crippen LogP contribution in [0.4, 0.5) is 4.79 Å². The van der Waals surface area contributed by atoms with Crippen LogP contribution in [0.25, 0.3) is 0 Å². The molecular formula is C13H19ClN2O2. The zero-order valence-corrected chi connectivity index (χ0v) is 11.4. The van der Waals surface area contributed by atoms with Gasteiger partial charge in [0.05, 0.1) is 6.10 Å². The number of urea groups is 1. The van der Waals surface area contributed by atoms with Crippen molar-refractivity contribution in [3.05, 3.63) is 34.9 Å². The van der Waals surface area contributed by atoms with Gasteiger partial charge in [0.2, 0.25) is 0 Å². The molecule has 18 heavy (non-hydrogen) atoms. The van der Waals surface area contributed by atoms with Crippen LogP contribution in [0.5, 0.6) is 0 Å². The third-order valence-electron chi connectivity index (χ3n) is 2.38. The second-order valence-corrected chi connectivity index (χ2v) is 4.99. The topological polar surface area (TPSA) is 61.4 Å². The highest BCUT2D eigenvalue weighted by atomic mass is 35.5. The summed E-state index contributed by atoms with van der Waals surface area (Å²) in [7, 11) is 0. The summed E-state index contributed by atoms with van der Waals surface area (Å²) in [5.74, 6) is 0.400. The number of aliphatic hydroxyl groups is 1. The van der Waals surface area contributed by atoms with Crippen LogP contribution < -0.4 is 10.6 Å². The fourth-order valence-electron chi connectivity index (χ4n) is 1.35. The quantitative estimate of drug-likeness (QED) is 0.769. The Morgan fingerprint density at radius 2 is 1.78 bits per heavy atom. The summed E-state index contributed by atoms with van der Waals surface area (Å²) in [6, 6.07) is 6.62. The average Bonchev–Trinajstić information content (AvgIpc) is 2.34. The maximum atomic E-state index is 11.4. The van der Waals surface area contributed by atoms with Crippen molar-refractivity contribution in [3.63, 3.8) is 0 Å². The van der Waals surface area contributed by atoms with Gasteiger partial charge in [-0.15, -0.1) is 0 Å². The predicted molar refractivity (Wildman–Crippen MR) is 72.7 cm³/mol. The normalized spacial score (nSPS) is 12.3. The van der Waals surface area contributed by atoms with Gasteiger partial charge in [-0.3, -0.25) is 0 Å². The minimum Gasteiger partial charge on any atom is -0.387 e. The van der Waals surface area contributed by atoms with Crippen molar-refractivity contribution in [3.8, 4) is 0 Å². The van der Waals surface area contributed by atoms with Gasteiger partial charge in [-0.25, -0.2) is 4.79 Å². The molecule has 0 radical (unpaired) electrons. The lowest BCUT2D eigenvalue weighted by Crippen LogP contribution is -2.39. The number of aliphatic hydroxyl groups excluding tert-OH is 1. The lowest BCUT2D eigenvalue weighted by Gasteiger charge is -2.13. The first kappa shape index (κ1) is 14.8. The van der Waals surface area contributed by atoms with E-state index in [0.29, 0.717) is 17.5 Å². The van der Waals surface area contributed by atoms with Gasteiger partial charge in [0.25, 0.3) is 0 Å². The summed E-state index contributed by atoms with van der Waals surface area (Å²) >= 11 is 5.75. The summed E-state index contributed by atoms with van der Waals surface area (Å²) in [4.78, 5) is 11.4. The van der Waals surface area contributed by atoms with E-state index in [1.54, 1.807) is 24.3 Å². The van der Waals surface area contributed by atoms with Crippen LogP contribution in [0.2, 0.25) is 5.02 Å². The standard InChI is InChI=1S/C13H19ClN2O2/c1-9(2)7-15-13(18)16-8-12(17)10-3-5-11(14)6-4-10/h3-6,9,12,17H,7-8H2,1-2H3,(H2,15,16,18). The fraction of sp³-hybridized carbons (Fsp3) is 0.462. The molecule has 100 valence electrons. The maximum absolute atomic E-state index is 11.4. The van der Waals surface area contributed by atoms with Gasteiger partial charge in [0, 0.05) is 18.1 Å². The van der Waals surface area contributed by atoms with Crippen molar-refractivity contribution >= 4 is 17.6 Å². The number of amides is 2. The van der Waals surface area contributed by atoms with Gasteiger partial charge in [-0.05, 0) is 23.6 Å². The highest BCUT2D eigenvalue weighted by Crippen LogP contribution is 2.15. The number of hydrogen-bond donors (Lipinski definition) is 3. The third-order valence-corrected chi connectivity index (χ3v) is 2.63. The fourth-order valence-corrected chi connectivity index (χ4v) is 1.48. The van der Waals surface area contributed by atoms with Crippen LogP contribution >= 0.6 is 11.6 Å². The first-order valence-electron chi connectivity index (χ1n) is 5.94. The molecule has 0 spiro atoms. The summed E-state index contributed by atoms with van der Waals surface area (Å²) in [5.41, 5.74) is 0.726. The van der Waals surface area contributed by atoms with Crippen molar-refractivity contribution < 1.29 is 9.90 Å². The van der Waals surface area contributed by atoms with Crippen molar-refractivity contribution in [2.24, 2.45) is 5.92 Å². The molecule has 2 amide bonds. The third kappa shape index (κ3) is 5.38. The molecule has 0 aromatic heterocycles. The number of halogens is 1. The average molecular weight is 271 g/mol. The van der Waals surface area contributed by atoms with Gasteiger partial charge in [-0.1, -0.05) is 37.6 Å². The lowest BCUT2D eigenvalue weighted by molar-refractivity contribution is 0.173. The van der Waals surface area contributed by atoms with Crippen molar-refractivity contribution in [1.82, 2.24) is 10.6 Å². The highest BCUT2D eigenvalue weighted by molar-refractivity contribution is 6.30. The lowest BCUT2D eigenvalue weighted by atomic mass is 10.1. The van der Waals surface area contributed by atoms with Gasteiger partial charge < -0.3 is 15.7 Å². The zero-order chi connectivity index (χ0) is 13.5. The first-order valence-corrected chi connectivity index (χ1v) is 6.32. The SMILES string of the molecule is CC(C)CNC(=O)NCC(O)c1ccc(Cl)cc1. The Hall–Kier alpha value is -1.26. The Kier molecular flexibility index (Phi) is 5.95. The van der Waals surface area contributed by atoms with E-state index in [1.807, 2.05) is 13.8 Å². The molecule has 0 aliphatic rings. The minimum atomic E-state index is -0.730. The summed E-state index contributed by atoms with van der Waals surface area (Å²) in [6.07, 6.45) is -0.730. The van der Waals surface area contributed by atoms with Gasteiger partial charge in [0.15, 0.2) is 0 Å². The number of nitrogens with one attached hydrogen (secondary N) is 2. The van der Waals surface area contributed by atoms with E-state index in [-0.39, 0.29) is 12.6 Å². The van der Waals surface area contributed by atoms with E-state index >= 15 is 0 Å². The van der Waals surface area contributed by atoms with Gasteiger partial charge in [-0.2, -0.15) is 0 Å². The van der Waals surface area contributed by atoms with Crippen LogP contribution in [0, 0.1) is 5.92 Å². The molecule has 5 heteroatoms. The number of benzene rings is 1. The molecule has 3 N–H and O–H groups in total. The first-order chi connectivity index (χ1) is 8.49. The van der Waals surface area contributed by atoms with Crippen LogP contribution in [-0.4, -0.2) is 24.2 Å². The van der Waals surface area contributed by atoms with Crippen LogP contribution in [0.15, 0.2) is 24.3 Å². The molecule has 1 aromatic rings.